The topological polar surface area (TPSA) is 68.3 Å². The smallest absolute Gasteiger partial charge is 0.291 e. The van der Waals surface area contributed by atoms with E-state index in [0.29, 0.717) is 22.0 Å². The first kappa shape index (κ1) is 13.5. The third kappa shape index (κ3) is 2.58. The fourth-order valence-corrected chi connectivity index (χ4v) is 2.25. The summed E-state index contributed by atoms with van der Waals surface area (Å²) in [6, 6.07) is 12.5. The van der Waals surface area contributed by atoms with E-state index in [1.165, 1.54) is 0 Å². The first-order valence-electron chi connectivity index (χ1n) is 6.40. The number of nitrogens with one attached hydrogen (secondary N) is 1. The number of carbonyl (C=O) groups is 1. The number of anilines is 2. The molecule has 3 N–H and O–H groups in total. The van der Waals surface area contributed by atoms with Crippen molar-refractivity contribution in [3.05, 3.63) is 58.8 Å². The summed E-state index contributed by atoms with van der Waals surface area (Å²) in [7, 11) is 0. The number of amides is 1. The molecule has 0 unspecified atom stereocenters. The van der Waals surface area contributed by atoms with Crippen LogP contribution in [0.5, 0.6) is 0 Å². The Bertz CT molecular complexity index is 806. The second-order valence-electron chi connectivity index (χ2n) is 4.79. The van der Waals surface area contributed by atoms with Gasteiger partial charge >= 0.3 is 0 Å². The number of hydrogen-bond donors (Lipinski definition) is 2. The van der Waals surface area contributed by atoms with Crippen LogP contribution in [0.2, 0.25) is 5.02 Å². The van der Waals surface area contributed by atoms with E-state index in [0.717, 1.165) is 10.9 Å². The highest BCUT2D eigenvalue weighted by Gasteiger charge is 2.14. The molecule has 106 valence electrons. The van der Waals surface area contributed by atoms with Gasteiger partial charge in [0.25, 0.3) is 5.91 Å². The molecule has 5 heteroatoms. The van der Waals surface area contributed by atoms with Crippen molar-refractivity contribution in [2.24, 2.45) is 0 Å². The highest BCUT2D eigenvalue weighted by atomic mass is 35.5. The lowest BCUT2D eigenvalue weighted by Gasteiger charge is -2.09. The van der Waals surface area contributed by atoms with E-state index in [1.54, 1.807) is 18.2 Å². The molecule has 3 aromatic rings. The van der Waals surface area contributed by atoms with Gasteiger partial charge in [-0.2, -0.15) is 0 Å². The van der Waals surface area contributed by atoms with Gasteiger partial charge in [-0.25, -0.2) is 0 Å². The quantitative estimate of drug-likeness (QED) is 0.696. The number of benzene rings is 2. The molecule has 0 saturated heterocycles. The molecule has 0 aliphatic rings. The number of carbonyl (C=O) groups excluding carboxylic acids is 1. The summed E-state index contributed by atoms with van der Waals surface area (Å²) >= 11 is 6.05. The predicted octanol–water partition coefficient (Wildman–Crippen LogP) is 4.23. The highest BCUT2D eigenvalue weighted by molar-refractivity contribution is 6.32. The van der Waals surface area contributed by atoms with Gasteiger partial charge in [-0.3, -0.25) is 4.79 Å². The summed E-state index contributed by atoms with van der Waals surface area (Å²) < 4.78 is 5.51. The molecule has 0 fully saturated rings. The molecule has 1 heterocycles. The molecule has 0 bridgehead atoms. The molecule has 4 nitrogen and oxygen atoms in total. The minimum Gasteiger partial charge on any atom is -0.451 e. The van der Waals surface area contributed by atoms with E-state index in [1.807, 2.05) is 31.2 Å². The molecular weight excluding hydrogens is 288 g/mol. The summed E-state index contributed by atoms with van der Waals surface area (Å²) in [6.07, 6.45) is 0. The number of nitrogens with two attached hydrogens (primary N) is 1. The molecule has 0 atom stereocenters. The summed E-state index contributed by atoms with van der Waals surface area (Å²) in [4.78, 5) is 12.2. The maximum absolute atomic E-state index is 12.2. The fraction of sp³-hybridized carbons (Fsp3) is 0.0625. The van der Waals surface area contributed by atoms with Crippen LogP contribution in [-0.2, 0) is 0 Å². The average Bonchev–Trinajstić information content (AvgIpc) is 2.88. The van der Waals surface area contributed by atoms with Gasteiger partial charge in [0, 0.05) is 10.4 Å². The summed E-state index contributed by atoms with van der Waals surface area (Å²) in [5.74, 6) is -0.134. The van der Waals surface area contributed by atoms with Crippen LogP contribution in [0.15, 0.2) is 46.9 Å². The minimum atomic E-state index is -0.363. The van der Waals surface area contributed by atoms with Crippen molar-refractivity contribution in [3.8, 4) is 0 Å². The zero-order valence-corrected chi connectivity index (χ0v) is 12.1. The predicted molar refractivity (Wildman–Crippen MR) is 84.8 cm³/mol. The fourth-order valence-electron chi connectivity index (χ4n) is 2.09. The third-order valence-corrected chi connectivity index (χ3v) is 3.64. The molecule has 0 spiro atoms. The third-order valence-electron chi connectivity index (χ3n) is 3.23. The van der Waals surface area contributed by atoms with Crippen molar-refractivity contribution in [1.29, 1.82) is 0 Å². The Kier molecular flexibility index (Phi) is 3.31. The van der Waals surface area contributed by atoms with E-state index in [-0.39, 0.29) is 11.7 Å². The van der Waals surface area contributed by atoms with E-state index in [4.69, 9.17) is 21.8 Å². The Hall–Kier alpha value is -2.46. The summed E-state index contributed by atoms with van der Waals surface area (Å²) in [6.45, 7) is 1.85. The van der Waals surface area contributed by atoms with E-state index < -0.39 is 0 Å². The van der Waals surface area contributed by atoms with Crippen LogP contribution in [0.25, 0.3) is 11.0 Å². The van der Waals surface area contributed by atoms with E-state index in [9.17, 15) is 4.79 Å². The first-order chi connectivity index (χ1) is 10.0. The Morgan fingerprint density at radius 1 is 1.24 bits per heavy atom. The number of para-hydroxylation sites is 1. The molecule has 1 amide bonds. The van der Waals surface area contributed by atoms with E-state index >= 15 is 0 Å². The Morgan fingerprint density at radius 2 is 2.00 bits per heavy atom. The standard InChI is InChI=1S/C16H13ClN2O2/c1-9-6-12(18)13(8-11(9)17)19-16(20)15-7-10-4-2-3-5-14(10)21-15/h2-8H,18H2,1H3,(H,19,20). The average molecular weight is 301 g/mol. The van der Waals surface area contributed by atoms with Crippen LogP contribution in [-0.4, -0.2) is 5.91 Å². The molecule has 21 heavy (non-hydrogen) atoms. The van der Waals surface area contributed by atoms with Gasteiger partial charge in [0.05, 0.1) is 11.4 Å². The molecule has 0 aliphatic carbocycles. The second-order valence-corrected chi connectivity index (χ2v) is 5.20. The van der Waals surface area contributed by atoms with Gasteiger partial charge in [0.15, 0.2) is 5.76 Å². The lowest BCUT2D eigenvalue weighted by atomic mass is 10.2. The molecule has 1 aromatic heterocycles. The molecule has 0 aliphatic heterocycles. The van der Waals surface area contributed by atoms with Crippen LogP contribution in [0.3, 0.4) is 0 Å². The van der Waals surface area contributed by atoms with Gasteiger partial charge in [0.2, 0.25) is 0 Å². The molecule has 0 radical (unpaired) electrons. The number of fused-ring (bicyclic) bond motifs is 1. The van der Waals surface area contributed by atoms with Crippen LogP contribution in [0.1, 0.15) is 16.1 Å². The largest absolute Gasteiger partial charge is 0.451 e. The van der Waals surface area contributed by atoms with Crippen LogP contribution in [0.4, 0.5) is 11.4 Å². The van der Waals surface area contributed by atoms with Crippen molar-refractivity contribution >= 4 is 39.9 Å². The maximum Gasteiger partial charge on any atom is 0.291 e. The number of hydrogen-bond acceptors (Lipinski definition) is 3. The molecule has 3 rings (SSSR count). The van der Waals surface area contributed by atoms with Crippen molar-refractivity contribution in [1.82, 2.24) is 0 Å². The highest BCUT2D eigenvalue weighted by Crippen LogP contribution is 2.28. The Labute approximate surface area is 126 Å². The van der Waals surface area contributed by atoms with Crippen LogP contribution in [0, 0.1) is 6.92 Å². The molecule has 2 aromatic carbocycles. The number of nitrogen functional groups attached to an aromatic ring is 1. The van der Waals surface area contributed by atoms with Gasteiger partial charge in [-0.05, 0) is 36.8 Å². The summed E-state index contributed by atoms with van der Waals surface area (Å²) in [5, 5.41) is 4.13. The number of halogens is 1. The number of furan rings is 1. The van der Waals surface area contributed by atoms with E-state index in [2.05, 4.69) is 5.32 Å². The number of aryl methyl sites for hydroxylation is 1. The van der Waals surface area contributed by atoms with Crippen molar-refractivity contribution in [2.45, 2.75) is 6.92 Å². The maximum atomic E-state index is 12.2. The lowest BCUT2D eigenvalue weighted by Crippen LogP contribution is -2.12. The SMILES string of the molecule is Cc1cc(N)c(NC(=O)c2cc3ccccc3o2)cc1Cl. The van der Waals surface area contributed by atoms with Gasteiger partial charge in [-0.15, -0.1) is 0 Å². The normalized spacial score (nSPS) is 10.8. The zero-order chi connectivity index (χ0) is 15.0. The monoisotopic (exact) mass is 300 g/mol. The van der Waals surface area contributed by atoms with Crippen molar-refractivity contribution in [3.63, 3.8) is 0 Å². The number of rotatable bonds is 2. The van der Waals surface area contributed by atoms with Crippen LogP contribution >= 0.6 is 11.6 Å². The Balaban J connectivity index is 1.91. The zero-order valence-electron chi connectivity index (χ0n) is 11.3. The Morgan fingerprint density at radius 3 is 2.76 bits per heavy atom. The first-order valence-corrected chi connectivity index (χ1v) is 6.78. The van der Waals surface area contributed by atoms with Gasteiger partial charge < -0.3 is 15.5 Å². The lowest BCUT2D eigenvalue weighted by molar-refractivity contribution is 0.0999. The minimum absolute atomic E-state index is 0.229. The summed E-state index contributed by atoms with van der Waals surface area (Å²) in [5.41, 5.74) is 8.34. The van der Waals surface area contributed by atoms with Crippen LogP contribution < -0.4 is 11.1 Å². The van der Waals surface area contributed by atoms with Gasteiger partial charge in [-0.1, -0.05) is 29.8 Å². The molecular formula is C16H13ClN2O2. The van der Waals surface area contributed by atoms with Crippen molar-refractivity contribution in [2.75, 3.05) is 11.1 Å². The molecule has 0 saturated carbocycles. The van der Waals surface area contributed by atoms with Gasteiger partial charge in [0.1, 0.15) is 5.58 Å². The van der Waals surface area contributed by atoms with Crippen molar-refractivity contribution < 1.29 is 9.21 Å². The second kappa shape index (κ2) is 5.14.